The average Bonchev–Trinajstić information content (AvgIpc) is 2.41. The first-order valence-corrected chi connectivity index (χ1v) is 3.50. The summed E-state index contributed by atoms with van der Waals surface area (Å²) in [4.78, 5) is 0. The third-order valence-electron chi connectivity index (χ3n) is 1.25. The molecule has 1 aromatic rings. The molecule has 1 aromatic heterocycles. The molecule has 1 heterocycles. The van der Waals surface area contributed by atoms with Gasteiger partial charge >= 0.3 is 0 Å². The van der Waals surface area contributed by atoms with Crippen molar-refractivity contribution < 1.29 is 4.42 Å². The van der Waals surface area contributed by atoms with Crippen molar-refractivity contribution in [2.45, 2.75) is 12.8 Å². The van der Waals surface area contributed by atoms with Crippen molar-refractivity contribution in [3.8, 4) is 0 Å². The predicted molar refractivity (Wildman–Crippen MR) is 41.8 cm³/mol. The summed E-state index contributed by atoms with van der Waals surface area (Å²) in [5.41, 5.74) is 0. The second-order valence-electron chi connectivity index (χ2n) is 2.11. The van der Waals surface area contributed by atoms with Crippen LogP contribution in [-0.2, 0) is 0 Å². The lowest BCUT2D eigenvalue weighted by molar-refractivity contribution is 0.578. The predicted octanol–water partition coefficient (Wildman–Crippen LogP) is 2.31. The molecule has 10 heavy (non-hydrogen) atoms. The maximum atomic E-state index is 5.05. The molecule has 0 fully saturated rings. The Morgan fingerprint density at radius 1 is 1.60 bits per heavy atom. The zero-order chi connectivity index (χ0) is 7.23. The third-order valence-corrected chi connectivity index (χ3v) is 1.25. The molecule has 0 atom stereocenters. The molecule has 0 aliphatic heterocycles. The van der Waals surface area contributed by atoms with Crippen molar-refractivity contribution >= 4 is 5.88 Å². The van der Waals surface area contributed by atoms with Crippen LogP contribution >= 0.6 is 0 Å². The highest BCUT2D eigenvalue weighted by atomic mass is 16.3. The van der Waals surface area contributed by atoms with Gasteiger partial charge < -0.3 is 9.73 Å². The molecule has 1 rings (SSSR count). The molecule has 0 aliphatic rings. The Morgan fingerprint density at radius 3 is 3.10 bits per heavy atom. The topological polar surface area (TPSA) is 25.2 Å². The van der Waals surface area contributed by atoms with Crippen LogP contribution in [0.5, 0.6) is 0 Å². The highest BCUT2D eigenvalue weighted by Crippen LogP contribution is 2.05. The number of furan rings is 1. The normalized spacial score (nSPS) is 9.70. The van der Waals surface area contributed by atoms with Gasteiger partial charge in [0.25, 0.3) is 0 Å². The standard InChI is InChI=1S/C8H12NO/c1-2-3-6-9-8-5-4-7-10-8/h4-5,7,9H,1-3,6H2. The summed E-state index contributed by atoms with van der Waals surface area (Å²) in [7, 11) is 0. The summed E-state index contributed by atoms with van der Waals surface area (Å²) >= 11 is 0. The summed E-state index contributed by atoms with van der Waals surface area (Å²) in [5.74, 6) is 0.841. The molecule has 55 valence electrons. The van der Waals surface area contributed by atoms with Crippen molar-refractivity contribution in [1.82, 2.24) is 0 Å². The van der Waals surface area contributed by atoms with Crippen molar-refractivity contribution in [2.75, 3.05) is 11.9 Å². The average molecular weight is 138 g/mol. The molecule has 2 heteroatoms. The molecule has 0 aromatic carbocycles. The van der Waals surface area contributed by atoms with E-state index >= 15 is 0 Å². The largest absolute Gasteiger partial charge is 0.449 e. The van der Waals surface area contributed by atoms with Crippen LogP contribution in [0.1, 0.15) is 12.8 Å². The zero-order valence-electron chi connectivity index (χ0n) is 5.97. The van der Waals surface area contributed by atoms with Gasteiger partial charge in [0, 0.05) is 12.6 Å². The molecular formula is C8H12NO. The van der Waals surface area contributed by atoms with Crippen LogP contribution < -0.4 is 5.32 Å². The van der Waals surface area contributed by atoms with Gasteiger partial charge in [0.15, 0.2) is 5.88 Å². The van der Waals surface area contributed by atoms with Gasteiger partial charge in [0.1, 0.15) is 0 Å². The van der Waals surface area contributed by atoms with E-state index in [0.29, 0.717) is 0 Å². The van der Waals surface area contributed by atoms with E-state index < -0.39 is 0 Å². The first-order chi connectivity index (χ1) is 4.93. The van der Waals surface area contributed by atoms with E-state index in [0.717, 1.165) is 25.3 Å². The molecule has 0 unspecified atom stereocenters. The maximum absolute atomic E-state index is 5.05. The minimum absolute atomic E-state index is 0.841. The summed E-state index contributed by atoms with van der Waals surface area (Å²) in [6.07, 6.45) is 3.71. The Balaban J connectivity index is 2.15. The Hall–Kier alpha value is -0.920. The third kappa shape index (κ3) is 2.13. The Morgan fingerprint density at radius 2 is 2.50 bits per heavy atom. The summed E-state index contributed by atoms with van der Waals surface area (Å²) < 4.78 is 5.05. The van der Waals surface area contributed by atoms with Gasteiger partial charge in [-0.15, -0.1) is 0 Å². The Kier molecular flexibility index (Phi) is 2.87. The fraction of sp³-hybridized carbons (Fsp3) is 0.375. The van der Waals surface area contributed by atoms with Gasteiger partial charge in [-0.1, -0.05) is 13.3 Å². The SMILES string of the molecule is [CH2]CCCNc1ccco1. The summed E-state index contributed by atoms with van der Waals surface area (Å²) in [5, 5.41) is 3.12. The van der Waals surface area contributed by atoms with Crippen LogP contribution in [-0.4, -0.2) is 6.54 Å². The summed E-state index contributed by atoms with van der Waals surface area (Å²) in [6, 6.07) is 3.77. The van der Waals surface area contributed by atoms with Crippen molar-refractivity contribution in [1.29, 1.82) is 0 Å². The molecule has 1 N–H and O–H groups in total. The number of anilines is 1. The summed E-state index contributed by atoms with van der Waals surface area (Å²) in [6.45, 7) is 4.68. The van der Waals surface area contributed by atoms with Crippen LogP contribution in [0.4, 0.5) is 5.88 Å². The molecule has 0 saturated carbocycles. The van der Waals surface area contributed by atoms with E-state index in [1.54, 1.807) is 6.26 Å². The molecular weight excluding hydrogens is 126 g/mol. The minimum atomic E-state index is 0.841. The first kappa shape index (κ1) is 7.19. The lowest BCUT2D eigenvalue weighted by atomic mass is 10.3. The van der Waals surface area contributed by atoms with Crippen LogP contribution in [0.3, 0.4) is 0 Å². The lowest BCUT2D eigenvalue weighted by Crippen LogP contribution is -1.98. The highest BCUT2D eigenvalue weighted by Gasteiger charge is 1.89. The number of hydrogen-bond donors (Lipinski definition) is 1. The van der Waals surface area contributed by atoms with E-state index in [9.17, 15) is 0 Å². The zero-order valence-corrected chi connectivity index (χ0v) is 5.97. The van der Waals surface area contributed by atoms with Gasteiger partial charge in [-0.05, 0) is 12.5 Å². The van der Waals surface area contributed by atoms with E-state index in [1.165, 1.54) is 0 Å². The van der Waals surface area contributed by atoms with E-state index in [1.807, 2.05) is 12.1 Å². The Labute approximate surface area is 61.2 Å². The van der Waals surface area contributed by atoms with Crippen LogP contribution in [0, 0.1) is 6.92 Å². The lowest BCUT2D eigenvalue weighted by Gasteiger charge is -1.98. The van der Waals surface area contributed by atoms with Gasteiger partial charge in [-0.2, -0.15) is 0 Å². The van der Waals surface area contributed by atoms with Crippen LogP contribution in [0.25, 0.3) is 0 Å². The molecule has 0 saturated heterocycles. The monoisotopic (exact) mass is 138 g/mol. The first-order valence-electron chi connectivity index (χ1n) is 3.50. The van der Waals surface area contributed by atoms with E-state index in [2.05, 4.69) is 12.2 Å². The smallest absolute Gasteiger partial charge is 0.192 e. The maximum Gasteiger partial charge on any atom is 0.192 e. The fourth-order valence-electron chi connectivity index (χ4n) is 0.716. The fourth-order valence-corrected chi connectivity index (χ4v) is 0.716. The van der Waals surface area contributed by atoms with Crippen molar-refractivity contribution in [3.05, 3.63) is 25.3 Å². The molecule has 1 radical (unpaired) electrons. The Bertz CT molecular complexity index is 158. The van der Waals surface area contributed by atoms with E-state index in [-0.39, 0.29) is 0 Å². The van der Waals surface area contributed by atoms with Crippen molar-refractivity contribution in [3.63, 3.8) is 0 Å². The van der Waals surface area contributed by atoms with Gasteiger partial charge in [-0.25, -0.2) is 0 Å². The highest BCUT2D eigenvalue weighted by molar-refractivity contribution is 5.29. The second-order valence-corrected chi connectivity index (χ2v) is 2.11. The molecule has 2 nitrogen and oxygen atoms in total. The minimum Gasteiger partial charge on any atom is -0.449 e. The van der Waals surface area contributed by atoms with Crippen molar-refractivity contribution in [2.24, 2.45) is 0 Å². The molecule has 0 aliphatic carbocycles. The number of rotatable bonds is 4. The molecule has 0 bridgehead atoms. The second kappa shape index (κ2) is 3.99. The van der Waals surface area contributed by atoms with Gasteiger partial charge in [0.2, 0.25) is 0 Å². The number of nitrogens with one attached hydrogen (secondary N) is 1. The number of unbranched alkanes of at least 4 members (excludes halogenated alkanes) is 1. The van der Waals surface area contributed by atoms with Gasteiger partial charge in [-0.3, -0.25) is 0 Å². The quantitative estimate of drug-likeness (QED) is 0.646. The van der Waals surface area contributed by atoms with Gasteiger partial charge in [0.05, 0.1) is 6.26 Å². The molecule has 0 spiro atoms. The van der Waals surface area contributed by atoms with Crippen LogP contribution in [0.15, 0.2) is 22.8 Å². The molecule has 0 amide bonds. The van der Waals surface area contributed by atoms with Crippen LogP contribution in [0.2, 0.25) is 0 Å². The number of hydrogen-bond acceptors (Lipinski definition) is 2. The van der Waals surface area contributed by atoms with E-state index in [4.69, 9.17) is 4.42 Å².